The van der Waals surface area contributed by atoms with Crippen molar-refractivity contribution in [3.8, 4) is 0 Å². The van der Waals surface area contributed by atoms with Gasteiger partial charge in [-0.15, -0.1) is 0 Å². The van der Waals surface area contributed by atoms with Gasteiger partial charge in [0.25, 0.3) is 0 Å². The summed E-state index contributed by atoms with van der Waals surface area (Å²) in [6, 6.07) is 0. The van der Waals surface area contributed by atoms with Gasteiger partial charge in [-0.25, -0.2) is 0 Å². The van der Waals surface area contributed by atoms with Crippen LogP contribution in [0.4, 0.5) is 0 Å². The molecule has 22 heavy (non-hydrogen) atoms. The summed E-state index contributed by atoms with van der Waals surface area (Å²) in [5.41, 5.74) is 6.01. The number of rotatable bonds is 15. The highest BCUT2D eigenvalue weighted by atomic mass is 14.7. The van der Waals surface area contributed by atoms with E-state index < -0.39 is 0 Å². The molecule has 0 spiro atoms. The molecule has 0 aliphatic rings. The van der Waals surface area contributed by atoms with Crippen molar-refractivity contribution in [2.75, 3.05) is 0 Å². The molecule has 0 aliphatic heterocycles. The molecule has 134 valence electrons. The first kappa shape index (κ1) is 23.9. The summed E-state index contributed by atoms with van der Waals surface area (Å²) in [6.45, 7) is 6.53. The highest BCUT2D eigenvalue weighted by Crippen LogP contribution is 2.13. The molecule has 0 aliphatic carbocycles. The maximum atomic E-state index is 5.98. The summed E-state index contributed by atoms with van der Waals surface area (Å²) in [7, 11) is 0. The van der Waals surface area contributed by atoms with E-state index in [1.54, 1.807) is 0 Å². The van der Waals surface area contributed by atoms with Crippen molar-refractivity contribution in [1.82, 2.24) is 6.15 Å². The van der Waals surface area contributed by atoms with Crippen LogP contribution in [0.25, 0.3) is 0 Å². The molecule has 0 amide bonds. The summed E-state index contributed by atoms with van der Waals surface area (Å²) in [5, 5.41) is 0. The highest BCUT2D eigenvalue weighted by Gasteiger charge is 2.08. The maximum absolute atomic E-state index is 5.98. The Balaban J connectivity index is 0. The summed E-state index contributed by atoms with van der Waals surface area (Å²) in [4.78, 5) is 0. The van der Waals surface area contributed by atoms with Crippen LogP contribution >= 0.6 is 0 Å². The monoisotopic (exact) mass is 312 g/mol. The largest absolute Gasteiger partial charge is 0.344 e. The number of nitrogens with two attached hydrogens (primary N) is 1. The van der Waals surface area contributed by atoms with Crippen LogP contribution in [-0.2, 0) is 0 Å². The first-order chi connectivity index (χ1) is 10.1. The van der Waals surface area contributed by atoms with Crippen LogP contribution in [0, 0.1) is 0 Å². The van der Waals surface area contributed by atoms with E-state index in [1.165, 1.54) is 83.5 Å². The predicted molar refractivity (Wildman–Crippen MR) is 103 cm³/mol. The Hall–Kier alpha value is -0.340. The summed E-state index contributed by atoms with van der Waals surface area (Å²) in [5.74, 6) is 0. The summed E-state index contributed by atoms with van der Waals surface area (Å²) >= 11 is 0. The number of hydrogen-bond donors (Lipinski definition) is 2. The quantitative estimate of drug-likeness (QED) is 0.254. The molecule has 0 heterocycles. The van der Waals surface area contributed by atoms with Gasteiger partial charge < -0.3 is 11.9 Å². The second kappa shape index (κ2) is 17.0. The number of unbranched alkanes of at least 4 members (excludes halogenated alkanes) is 11. The second-order valence-corrected chi connectivity index (χ2v) is 7.32. The van der Waals surface area contributed by atoms with Crippen molar-refractivity contribution in [3.05, 3.63) is 12.2 Å². The fraction of sp³-hybridized carbons (Fsp3) is 0.900. The van der Waals surface area contributed by atoms with Gasteiger partial charge in [0.1, 0.15) is 0 Å². The van der Waals surface area contributed by atoms with Gasteiger partial charge in [-0.2, -0.15) is 0 Å². The third kappa shape index (κ3) is 21.9. The van der Waals surface area contributed by atoms with Crippen LogP contribution in [0.2, 0.25) is 0 Å². The van der Waals surface area contributed by atoms with Gasteiger partial charge in [0.05, 0.1) is 0 Å². The van der Waals surface area contributed by atoms with E-state index in [0.29, 0.717) is 0 Å². The molecule has 0 aromatic heterocycles. The maximum Gasteiger partial charge on any atom is 0.00970 e. The lowest BCUT2D eigenvalue weighted by Gasteiger charge is -2.17. The molecule has 0 aromatic carbocycles. The van der Waals surface area contributed by atoms with Crippen LogP contribution < -0.4 is 11.9 Å². The van der Waals surface area contributed by atoms with E-state index in [1.807, 2.05) is 0 Å². The molecule has 5 N–H and O–H groups in total. The Morgan fingerprint density at radius 2 is 1.09 bits per heavy atom. The molecule has 2 nitrogen and oxygen atoms in total. The zero-order chi connectivity index (χ0) is 15.8. The van der Waals surface area contributed by atoms with Crippen LogP contribution in [0.5, 0.6) is 0 Å². The van der Waals surface area contributed by atoms with Crippen LogP contribution in [0.3, 0.4) is 0 Å². The molecule has 0 aromatic rings. The Morgan fingerprint density at radius 3 is 1.55 bits per heavy atom. The number of hydrogen-bond acceptors (Lipinski definition) is 2. The van der Waals surface area contributed by atoms with E-state index in [4.69, 9.17) is 5.73 Å². The fourth-order valence-corrected chi connectivity index (χ4v) is 2.65. The molecule has 2 heteroatoms. The van der Waals surface area contributed by atoms with Crippen molar-refractivity contribution >= 4 is 0 Å². The van der Waals surface area contributed by atoms with Gasteiger partial charge in [-0.05, 0) is 46.0 Å². The molecule has 0 saturated carbocycles. The van der Waals surface area contributed by atoms with E-state index in [-0.39, 0.29) is 11.7 Å². The van der Waals surface area contributed by atoms with Gasteiger partial charge in [-0.3, -0.25) is 0 Å². The van der Waals surface area contributed by atoms with Crippen molar-refractivity contribution in [3.63, 3.8) is 0 Å². The predicted octanol–water partition coefficient (Wildman–Crippen LogP) is 6.92. The first-order valence-electron chi connectivity index (χ1n) is 9.50. The lowest BCUT2D eigenvalue weighted by molar-refractivity contribution is 0.442. The normalized spacial score (nSPS) is 11.8. The third-order valence-corrected chi connectivity index (χ3v) is 4.08. The summed E-state index contributed by atoms with van der Waals surface area (Å²) in [6.07, 6.45) is 23.7. The minimum atomic E-state index is 0. The van der Waals surface area contributed by atoms with Crippen molar-refractivity contribution < 1.29 is 0 Å². The summed E-state index contributed by atoms with van der Waals surface area (Å²) < 4.78 is 0. The Bertz CT molecular complexity index is 228. The SMILES string of the molecule is CCCCCCCC/C=C\CCCCCCCC(C)(C)N.N. The average Bonchev–Trinajstić information content (AvgIpc) is 2.42. The average molecular weight is 313 g/mol. The minimum absolute atomic E-state index is 0. The van der Waals surface area contributed by atoms with E-state index >= 15 is 0 Å². The minimum Gasteiger partial charge on any atom is -0.344 e. The highest BCUT2D eigenvalue weighted by molar-refractivity contribution is 4.81. The molecule has 0 unspecified atom stereocenters. The standard InChI is InChI=1S/C20H41N.H3N/c1-4-5-6-7-8-9-10-11-12-13-14-15-16-17-18-19-20(2,3)21;/h11-12H,4-10,13-19,21H2,1-3H3;1H3/b12-11-;. The topological polar surface area (TPSA) is 61.0 Å². The van der Waals surface area contributed by atoms with Crippen LogP contribution in [-0.4, -0.2) is 5.54 Å². The lowest BCUT2D eigenvalue weighted by atomic mass is 9.97. The Labute approximate surface area is 140 Å². The number of allylic oxidation sites excluding steroid dienone is 2. The van der Waals surface area contributed by atoms with Crippen LogP contribution in [0.15, 0.2) is 12.2 Å². The Kier molecular flexibility index (Phi) is 18.5. The zero-order valence-corrected chi connectivity index (χ0v) is 15.8. The third-order valence-electron chi connectivity index (χ3n) is 4.08. The van der Waals surface area contributed by atoms with E-state index in [0.717, 1.165) is 6.42 Å². The molecular formula is C20H44N2. The molecular weight excluding hydrogens is 268 g/mol. The molecule has 0 rings (SSSR count). The van der Waals surface area contributed by atoms with Gasteiger partial charge in [-0.1, -0.05) is 76.9 Å². The van der Waals surface area contributed by atoms with Gasteiger partial charge in [0.2, 0.25) is 0 Å². The van der Waals surface area contributed by atoms with Crippen molar-refractivity contribution in [2.24, 2.45) is 5.73 Å². The van der Waals surface area contributed by atoms with Gasteiger partial charge in [0, 0.05) is 5.54 Å². The van der Waals surface area contributed by atoms with E-state index in [2.05, 4.69) is 32.9 Å². The van der Waals surface area contributed by atoms with E-state index in [9.17, 15) is 0 Å². The molecule has 0 saturated heterocycles. The Morgan fingerprint density at radius 1 is 0.682 bits per heavy atom. The van der Waals surface area contributed by atoms with Gasteiger partial charge >= 0.3 is 0 Å². The zero-order valence-electron chi connectivity index (χ0n) is 15.8. The molecule has 0 atom stereocenters. The fourth-order valence-electron chi connectivity index (χ4n) is 2.65. The molecule has 0 bridgehead atoms. The van der Waals surface area contributed by atoms with Gasteiger partial charge in [0.15, 0.2) is 0 Å². The van der Waals surface area contributed by atoms with Crippen molar-refractivity contribution in [2.45, 2.75) is 116 Å². The second-order valence-electron chi connectivity index (χ2n) is 7.32. The van der Waals surface area contributed by atoms with Crippen molar-refractivity contribution in [1.29, 1.82) is 0 Å². The van der Waals surface area contributed by atoms with Crippen LogP contribution in [0.1, 0.15) is 111 Å². The first-order valence-corrected chi connectivity index (χ1v) is 9.50. The smallest absolute Gasteiger partial charge is 0.00970 e. The molecule has 0 fully saturated rings. The molecule has 0 radical (unpaired) electrons. The lowest BCUT2D eigenvalue weighted by Crippen LogP contribution is -2.31.